The fourth-order valence-electron chi connectivity index (χ4n) is 5.55. The van der Waals surface area contributed by atoms with Crippen molar-refractivity contribution < 1.29 is 29.0 Å². The number of carbonyl (C=O) groups excluding carboxylic acids is 3. The number of aliphatic hydroxyl groups is 1. The summed E-state index contributed by atoms with van der Waals surface area (Å²) in [6, 6.07) is 16.2. The van der Waals surface area contributed by atoms with Crippen LogP contribution in [0.15, 0.2) is 60.7 Å². The molecule has 0 unspecified atom stereocenters. The molecule has 1 saturated heterocycles. The molecule has 3 amide bonds. The van der Waals surface area contributed by atoms with Crippen molar-refractivity contribution in [1.82, 2.24) is 15.5 Å². The van der Waals surface area contributed by atoms with Crippen LogP contribution in [0.2, 0.25) is 0 Å². The second-order valence-corrected chi connectivity index (χ2v) is 13.3. The summed E-state index contributed by atoms with van der Waals surface area (Å²) < 4.78 is 10.3. The molecular weight excluding hydrogens is 580 g/mol. The van der Waals surface area contributed by atoms with Crippen LogP contribution in [0.4, 0.5) is 5.69 Å². The number of aryl methyl sites for hydroxylation is 1. The highest BCUT2D eigenvalue weighted by molar-refractivity contribution is 8.00. The van der Waals surface area contributed by atoms with Crippen LogP contribution >= 0.6 is 11.8 Å². The first-order valence-corrected chi connectivity index (χ1v) is 15.4. The average molecular weight is 619 g/mol. The van der Waals surface area contributed by atoms with Crippen LogP contribution < -0.4 is 25.8 Å². The quantitative estimate of drug-likeness (QED) is 0.268. The van der Waals surface area contributed by atoms with Gasteiger partial charge in [-0.25, -0.2) is 0 Å². The molecule has 5 N–H and O–H groups in total. The van der Waals surface area contributed by atoms with Crippen LogP contribution in [0.1, 0.15) is 46.5 Å². The lowest BCUT2D eigenvalue weighted by Crippen LogP contribution is -2.58. The fourth-order valence-corrected chi connectivity index (χ4v) is 6.69. The summed E-state index contributed by atoms with van der Waals surface area (Å²) in [5.41, 5.74) is 10.2. The highest BCUT2D eigenvalue weighted by Crippen LogP contribution is 2.40. The van der Waals surface area contributed by atoms with Gasteiger partial charge in [0.1, 0.15) is 6.04 Å². The highest BCUT2D eigenvalue weighted by Gasteiger charge is 2.49. The van der Waals surface area contributed by atoms with E-state index in [9.17, 15) is 19.5 Å². The van der Waals surface area contributed by atoms with Gasteiger partial charge in [0.25, 0.3) is 11.8 Å². The lowest BCUT2D eigenvalue weighted by atomic mass is 9.96. The van der Waals surface area contributed by atoms with Crippen molar-refractivity contribution in [2.45, 2.75) is 63.6 Å². The standard InChI is InChI=1S/C33H38N4O6S/c1-19-8-5-6-9-22(19)16-35-31(40)29-33(3,4)44-17-37(29)32(41)28(38)25(14-21-12-13-26-27(15-21)43-18-42-26)36-30(39)23-10-7-11-24(34)20(23)2/h5-13,15,25,28-29,38H,14,16-18,34H2,1-4H3,(H,35,40)(H,36,39)/t25-,28-,29+/m0/s1. The number of nitrogens with two attached hydrogens (primary N) is 1. The average Bonchev–Trinajstić information content (AvgIpc) is 3.59. The Labute approximate surface area is 261 Å². The van der Waals surface area contributed by atoms with Crippen LogP contribution in [-0.4, -0.2) is 63.3 Å². The molecule has 44 heavy (non-hydrogen) atoms. The predicted octanol–water partition coefficient (Wildman–Crippen LogP) is 3.31. The number of benzene rings is 3. The smallest absolute Gasteiger partial charge is 0.254 e. The highest BCUT2D eigenvalue weighted by atomic mass is 32.2. The molecule has 3 atom stereocenters. The van der Waals surface area contributed by atoms with Crippen LogP contribution in [0.3, 0.4) is 0 Å². The first kappa shape index (κ1) is 31.2. The number of amides is 3. The Morgan fingerprint density at radius 3 is 2.59 bits per heavy atom. The minimum absolute atomic E-state index is 0.102. The van der Waals surface area contributed by atoms with E-state index in [0.717, 1.165) is 16.7 Å². The van der Waals surface area contributed by atoms with Gasteiger partial charge in [0.05, 0.1) is 11.9 Å². The van der Waals surface area contributed by atoms with Crippen molar-refractivity contribution in [1.29, 1.82) is 0 Å². The van der Waals surface area contributed by atoms with E-state index < -0.39 is 34.7 Å². The predicted molar refractivity (Wildman–Crippen MR) is 169 cm³/mol. The maximum atomic E-state index is 14.0. The van der Waals surface area contributed by atoms with Crippen LogP contribution in [-0.2, 0) is 22.6 Å². The summed E-state index contributed by atoms with van der Waals surface area (Å²) in [5, 5.41) is 17.5. The molecule has 0 aromatic heterocycles. The van der Waals surface area contributed by atoms with Gasteiger partial charge in [-0.2, -0.15) is 0 Å². The summed E-state index contributed by atoms with van der Waals surface area (Å²) in [7, 11) is 0. The molecule has 3 aromatic carbocycles. The number of thioether (sulfide) groups is 1. The number of aliphatic hydroxyl groups excluding tert-OH is 1. The number of rotatable bonds is 9. The maximum Gasteiger partial charge on any atom is 0.254 e. The topological polar surface area (TPSA) is 143 Å². The van der Waals surface area contributed by atoms with Gasteiger partial charge in [-0.15, -0.1) is 11.8 Å². The van der Waals surface area contributed by atoms with Crippen molar-refractivity contribution >= 4 is 35.2 Å². The molecule has 232 valence electrons. The van der Waals surface area contributed by atoms with Gasteiger partial charge in [-0.1, -0.05) is 36.4 Å². The number of hydrogen-bond acceptors (Lipinski definition) is 8. The van der Waals surface area contributed by atoms with E-state index in [4.69, 9.17) is 15.2 Å². The molecule has 2 aliphatic rings. The lowest BCUT2D eigenvalue weighted by molar-refractivity contribution is -0.147. The molecule has 0 spiro atoms. The van der Waals surface area contributed by atoms with Gasteiger partial charge >= 0.3 is 0 Å². The Hall–Kier alpha value is -4.22. The van der Waals surface area contributed by atoms with Gasteiger partial charge < -0.3 is 35.8 Å². The van der Waals surface area contributed by atoms with Crippen molar-refractivity contribution in [2.75, 3.05) is 18.4 Å². The number of fused-ring (bicyclic) bond motifs is 1. The number of nitrogens with one attached hydrogen (secondary N) is 2. The van der Waals surface area contributed by atoms with Gasteiger partial charge in [0, 0.05) is 22.5 Å². The van der Waals surface area contributed by atoms with E-state index >= 15 is 0 Å². The monoisotopic (exact) mass is 618 g/mol. The van der Waals surface area contributed by atoms with E-state index in [1.807, 2.05) is 45.0 Å². The zero-order valence-corrected chi connectivity index (χ0v) is 26.1. The van der Waals surface area contributed by atoms with Crippen LogP contribution in [0.5, 0.6) is 11.5 Å². The van der Waals surface area contributed by atoms with E-state index in [0.29, 0.717) is 34.9 Å². The summed E-state index contributed by atoms with van der Waals surface area (Å²) in [5.74, 6) is -0.0777. The second-order valence-electron chi connectivity index (χ2n) is 11.7. The van der Waals surface area contributed by atoms with Crippen LogP contribution in [0, 0.1) is 13.8 Å². The number of nitrogen functional groups attached to an aromatic ring is 1. The third kappa shape index (κ3) is 6.48. The van der Waals surface area contributed by atoms with Gasteiger partial charge in [0.2, 0.25) is 12.7 Å². The van der Waals surface area contributed by atoms with Crippen molar-refractivity contribution in [2.24, 2.45) is 0 Å². The maximum absolute atomic E-state index is 14.0. The second kappa shape index (κ2) is 12.8. The Bertz CT molecular complexity index is 1580. The lowest BCUT2D eigenvalue weighted by Gasteiger charge is -2.33. The first-order chi connectivity index (χ1) is 21.0. The molecule has 2 heterocycles. The number of carbonyl (C=O) groups is 3. The zero-order chi connectivity index (χ0) is 31.6. The Kier molecular flexibility index (Phi) is 9.07. The molecule has 1 fully saturated rings. The molecule has 2 aliphatic heterocycles. The molecule has 11 heteroatoms. The Morgan fingerprint density at radius 1 is 1.07 bits per heavy atom. The first-order valence-electron chi connectivity index (χ1n) is 14.5. The molecule has 0 radical (unpaired) electrons. The van der Waals surface area contributed by atoms with Gasteiger partial charge in [0.15, 0.2) is 17.6 Å². The van der Waals surface area contributed by atoms with E-state index in [2.05, 4.69) is 10.6 Å². The number of anilines is 1. The molecule has 0 aliphatic carbocycles. The molecule has 5 rings (SSSR count). The van der Waals surface area contributed by atoms with E-state index in [1.165, 1.54) is 16.7 Å². The molecule has 0 saturated carbocycles. The number of ether oxygens (including phenoxy) is 2. The third-order valence-corrected chi connectivity index (χ3v) is 9.63. The largest absolute Gasteiger partial charge is 0.454 e. The Balaban J connectivity index is 1.39. The summed E-state index contributed by atoms with van der Waals surface area (Å²) in [6.45, 7) is 7.94. The molecule has 3 aromatic rings. The summed E-state index contributed by atoms with van der Waals surface area (Å²) in [6.07, 6.45) is -1.53. The fraction of sp³-hybridized carbons (Fsp3) is 0.364. The van der Waals surface area contributed by atoms with Crippen molar-refractivity contribution in [3.63, 3.8) is 0 Å². The zero-order valence-electron chi connectivity index (χ0n) is 25.3. The molecular formula is C33H38N4O6S. The minimum atomic E-state index is -1.65. The SMILES string of the molecule is Cc1ccccc1CNC(=O)[C@H]1N(C(=O)[C@@H](O)[C@H](Cc2ccc3c(c2)OCO3)NC(=O)c2cccc(N)c2C)CSC1(C)C. The van der Waals surface area contributed by atoms with Crippen molar-refractivity contribution in [3.8, 4) is 11.5 Å². The Morgan fingerprint density at radius 2 is 1.82 bits per heavy atom. The summed E-state index contributed by atoms with van der Waals surface area (Å²) >= 11 is 1.46. The normalized spacial score (nSPS) is 18.0. The van der Waals surface area contributed by atoms with E-state index in [1.54, 1.807) is 43.3 Å². The third-order valence-electron chi connectivity index (χ3n) is 8.26. The van der Waals surface area contributed by atoms with Gasteiger partial charge in [-0.3, -0.25) is 14.4 Å². The van der Waals surface area contributed by atoms with Gasteiger partial charge in [-0.05, 0) is 80.6 Å². The summed E-state index contributed by atoms with van der Waals surface area (Å²) in [4.78, 5) is 42.4. The number of hydrogen-bond donors (Lipinski definition) is 4. The molecule has 10 nitrogen and oxygen atoms in total. The number of nitrogens with zero attached hydrogens (tertiary/aromatic N) is 1. The molecule has 0 bridgehead atoms. The van der Waals surface area contributed by atoms with Crippen molar-refractivity contribution in [3.05, 3.63) is 88.5 Å². The minimum Gasteiger partial charge on any atom is -0.454 e. The van der Waals surface area contributed by atoms with E-state index in [-0.39, 0.29) is 25.0 Å². The van der Waals surface area contributed by atoms with Crippen LogP contribution in [0.25, 0.3) is 0 Å².